The first-order chi connectivity index (χ1) is 14.5. The zero-order valence-corrected chi connectivity index (χ0v) is 17.2. The van der Waals surface area contributed by atoms with Gasteiger partial charge in [0.2, 0.25) is 0 Å². The van der Waals surface area contributed by atoms with Crippen LogP contribution in [0.15, 0.2) is 66.7 Å². The number of carbonyl (C=O) groups is 2. The van der Waals surface area contributed by atoms with E-state index in [9.17, 15) is 9.59 Å². The third kappa shape index (κ3) is 5.38. The summed E-state index contributed by atoms with van der Waals surface area (Å²) < 4.78 is 10.8. The van der Waals surface area contributed by atoms with Gasteiger partial charge < -0.3 is 20.1 Å². The van der Waals surface area contributed by atoms with E-state index >= 15 is 0 Å². The smallest absolute Gasteiger partial charge is 0.262 e. The van der Waals surface area contributed by atoms with Crippen LogP contribution in [0, 0.1) is 13.8 Å². The van der Waals surface area contributed by atoms with Crippen molar-refractivity contribution in [3.8, 4) is 11.5 Å². The van der Waals surface area contributed by atoms with Crippen molar-refractivity contribution in [1.82, 2.24) is 0 Å². The first-order valence-electron chi connectivity index (χ1n) is 9.50. The highest BCUT2D eigenvalue weighted by Gasteiger charge is 2.10. The Labute approximate surface area is 175 Å². The van der Waals surface area contributed by atoms with Gasteiger partial charge in [0.05, 0.1) is 12.8 Å². The number of rotatable bonds is 7. The van der Waals surface area contributed by atoms with Crippen LogP contribution < -0.4 is 20.1 Å². The fourth-order valence-corrected chi connectivity index (χ4v) is 2.85. The van der Waals surface area contributed by atoms with Gasteiger partial charge in [-0.3, -0.25) is 9.59 Å². The maximum Gasteiger partial charge on any atom is 0.262 e. The Bertz CT molecular complexity index is 1050. The second-order valence-electron chi connectivity index (χ2n) is 6.83. The molecular formula is C24H24N2O4. The standard InChI is InChI=1S/C24H24N2O4/c1-16-8-9-17(2)21(14-16)25-23(27)15-30-19-12-10-18(11-13-19)24(28)26-20-6-4-5-7-22(20)29-3/h4-14H,15H2,1-3H3,(H,25,27)(H,26,28). The van der Waals surface area contributed by atoms with Gasteiger partial charge in [-0.1, -0.05) is 24.3 Å². The number of nitrogens with one attached hydrogen (secondary N) is 2. The topological polar surface area (TPSA) is 76.7 Å². The molecule has 0 bridgehead atoms. The Morgan fingerprint density at radius 3 is 2.33 bits per heavy atom. The minimum absolute atomic E-state index is 0.125. The molecule has 0 radical (unpaired) electrons. The molecule has 3 aromatic carbocycles. The van der Waals surface area contributed by atoms with Crippen molar-refractivity contribution < 1.29 is 19.1 Å². The summed E-state index contributed by atoms with van der Waals surface area (Å²) in [4.78, 5) is 24.6. The molecule has 3 rings (SSSR count). The molecule has 0 aliphatic heterocycles. The van der Waals surface area contributed by atoms with Crippen molar-refractivity contribution in [3.63, 3.8) is 0 Å². The van der Waals surface area contributed by atoms with Crippen LogP contribution >= 0.6 is 0 Å². The minimum atomic E-state index is -0.265. The number of benzene rings is 3. The summed E-state index contributed by atoms with van der Waals surface area (Å²) in [6.07, 6.45) is 0. The molecule has 0 fully saturated rings. The van der Waals surface area contributed by atoms with Crippen molar-refractivity contribution in [3.05, 3.63) is 83.4 Å². The summed E-state index contributed by atoms with van der Waals surface area (Å²) >= 11 is 0. The Balaban J connectivity index is 1.56. The number of para-hydroxylation sites is 2. The lowest BCUT2D eigenvalue weighted by molar-refractivity contribution is -0.118. The molecule has 0 spiro atoms. The van der Waals surface area contributed by atoms with E-state index in [0.717, 1.165) is 16.8 Å². The molecule has 0 saturated carbocycles. The highest BCUT2D eigenvalue weighted by Crippen LogP contribution is 2.24. The third-order valence-corrected chi connectivity index (χ3v) is 4.51. The Morgan fingerprint density at radius 2 is 1.60 bits per heavy atom. The summed E-state index contributed by atoms with van der Waals surface area (Å²) in [5.41, 5.74) is 3.88. The zero-order chi connectivity index (χ0) is 21.5. The summed E-state index contributed by atoms with van der Waals surface area (Å²) in [6.45, 7) is 3.78. The van der Waals surface area contributed by atoms with E-state index in [1.165, 1.54) is 0 Å². The molecule has 0 aliphatic carbocycles. The number of carbonyl (C=O) groups excluding carboxylic acids is 2. The van der Waals surface area contributed by atoms with Gasteiger partial charge in [0, 0.05) is 11.3 Å². The van der Waals surface area contributed by atoms with Crippen molar-refractivity contribution in [2.75, 3.05) is 24.4 Å². The number of amides is 2. The van der Waals surface area contributed by atoms with Crippen molar-refractivity contribution in [2.45, 2.75) is 13.8 Å². The maximum absolute atomic E-state index is 12.5. The molecule has 3 aromatic rings. The van der Waals surface area contributed by atoms with Gasteiger partial charge >= 0.3 is 0 Å². The van der Waals surface area contributed by atoms with Gasteiger partial charge in [-0.25, -0.2) is 0 Å². The van der Waals surface area contributed by atoms with Crippen LogP contribution in [0.4, 0.5) is 11.4 Å². The molecule has 154 valence electrons. The molecule has 6 nitrogen and oxygen atoms in total. The quantitative estimate of drug-likeness (QED) is 0.604. The Morgan fingerprint density at radius 1 is 0.867 bits per heavy atom. The van der Waals surface area contributed by atoms with Crippen LogP contribution in [0.1, 0.15) is 21.5 Å². The summed E-state index contributed by atoms with van der Waals surface area (Å²) in [6, 6.07) is 19.7. The molecule has 6 heteroatoms. The highest BCUT2D eigenvalue weighted by atomic mass is 16.5. The SMILES string of the molecule is COc1ccccc1NC(=O)c1ccc(OCC(=O)Nc2cc(C)ccc2C)cc1. The first kappa shape index (κ1) is 20.9. The molecule has 2 amide bonds. The van der Waals surface area contributed by atoms with E-state index in [1.807, 2.05) is 44.2 Å². The number of methoxy groups -OCH3 is 1. The lowest BCUT2D eigenvalue weighted by atomic mass is 10.1. The van der Waals surface area contributed by atoms with Crippen LogP contribution in [0.5, 0.6) is 11.5 Å². The van der Waals surface area contributed by atoms with E-state index in [1.54, 1.807) is 43.5 Å². The monoisotopic (exact) mass is 404 g/mol. The molecule has 0 heterocycles. The third-order valence-electron chi connectivity index (χ3n) is 4.51. The van der Waals surface area contributed by atoms with Gasteiger partial charge in [0.15, 0.2) is 6.61 Å². The Kier molecular flexibility index (Phi) is 6.70. The average molecular weight is 404 g/mol. The predicted octanol–water partition coefficient (Wildman–Crippen LogP) is 4.58. The fraction of sp³-hybridized carbons (Fsp3) is 0.167. The fourth-order valence-electron chi connectivity index (χ4n) is 2.85. The minimum Gasteiger partial charge on any atom is -0.495 e. The maximum atomic E-state index is 12.5. The second kappa shape index (κ2) is 9.60. The molecular weight excluding hydrogens is 380 g/mol. The normalized spacial score (nSPS) is 10.2. The molecule has 0 unspecified atom stereocenters. The van der Waals surface area contributed by atoms with E-state index in [2.05, 4.69) is 10.6 Å². The van der Waals surface area contributed by atoms with E-state index in [0.29, 0.717) is 22.7 Å². The Hall–Kier alpha value is -3.80. The number of hydrogen-bond acceptors (Lipinski definition) is 4. The van der Waals surface area contributed by atoms with Crippen molar-refractivity contribution in [1.29, 1.82) is 0 Å². The van der Waals surface area contributed by atoms with Crippen molar-refractivity contribution in [2.24, 2.45) is 0 Å². The first-order valence-corrected chi connectivity index (χ1v) is 9.50. The number of ether oxygens (including phenoxy) is 2. The zero-order valence-electron chi connectivity index (χ0n) is 17.2. The van der Waals surface area contributed by atoms with Gasteiger partial charge in [0.25, 0.3) is 11.8 Å². The average Bonchev–Trinajstić information content (AvgIpc) is 2.75. The molecule has 2 N–H and O–H groups in total. The lowest BCUT2D eigenvalue weighted by Gasteiger charge is -2.11. The number of hydrogen-bond donors (Lipinski definition) is 2. The van der Waals surface area contributed by atoms with E-state index < -0.39 is 0 Å². The summed E-state index contributed by atoms with van der Waals surface area (Å²) in [5.74, 6) is 0.570. The molecule has 30 heavy (non-hydrogen) atoms. The largest absolute Gasteiger partial charge is 0.495 e. The second-order valence-corrected chi connectivity index (χ2v) is 6.83. The molecule has 0 atom stereocenters. The van der Waals surface area contributed by atoms with Crippen LogP contribution in [0.25, 0.3) is 0 Å². The van der Waals surface area contributed by atoms with Gasteiger partial charge in [0.1, 0.15) is 11.5 Å². The molecule has 0 aromatic heterocycles. The molecule has 0 saturated heterocycles. The van der Waals surface area contributed by atoms with Crippen LogP contribution in [-0.4, -0.2) is 25.5 Å². The van der Waals surface area contributed by atoms with Crippen LogP contribution in [0.3, 0.4) is 0 Å². The van der Waals surface area contributed by atoms with Crippen molar-refractivity contribution >= 4 is 23.2 Å². The van der Waals surface area contributed by atoms with Gasteiger partial charge in [-0.05, 0) is 67.4 Å². The van der Waals surface area contributed by atoms with Gasteiger partial charge in [-0.2, -0.15) is 0 Å². The predicted molar refractivity (Wildman–Crippen MR) is 117 cm³/mol. The van der Waals surface area contributed by atoms with Gasteiger partial charge in [-0.15, -0.1) is 0 Å². The van der Waals surface area contributed by atoms with Crippen LogP contribution in [-0.2, 0) is 4.79 Å². The van der Waals surface area contributed by atoms with Crippen LogP contribution in [0.2, 0.25) is 0 Å². The number of aryl methyl sites for hydroxylation is 2. The highest BCUT2D eigenvalue weighted by molar-refractivity contribution is 6.05. The van der Waals surface area contributed by atoms with E-state index in [-0.39, 0.29) is 18.4 Å². The summed E-state index contributed by atoms with van der Waals surface area (Å²) in [7, 11) is 1.55. The number of anilines is 2. The molecule has 0 aliphatic rings. The lowest BCUT2D eigenvalue weighted by Crippen LogP contribution is -2.20. The summed E-state index contributed by atoms with van der Waals surface area (Å²) in [5, 5.41) is 5.66. The van der Waals surface area contributed by atoms with E-state index in [4.69, 9.17) is 9.47 Å².